The molecule has 1 rings (SSSR count). The van der Waals surface area contributed by atoms with Crippen LogP contribution in [0.3, 0.4) is 0 Å². The lowest BCUT2D eigenvalue weighted by Crippen LogP contribution is -2.30. The van der Waals surface area contributed by atoms with Gasteiger partial charge in [0.1, 0.15) is 5.82 Å². The lowest BCUT2D eigenvalue weighted by atomic mass is 10.1. The molecule has 0 aromatic heterocycles. The highest BCUT2D eigenvalue weighted by molar-refractivity contribution is 7.99. The molecule has 1 aromatic carbocycles. The summed E-state index contributed by atoms with van der Waals surface area (Å²) < 4.78 is 12.9. The highest BCUT2D eigenvalue weighted by atomic mass is 35.5. The van der Waals surface area contributed by atoms with E-state index < -0.39 is 0 Å². The molecule has 1 atom stereocenters. The van der Waals surface area contributed by atoms with Crippen molar-refractivity contribution in [2.45, 2.75) is 31.6 Å². The van der Waals surface area contributed by atoms with E-state index in [1.807, 2.05) is 18.8 Å². The van der Waals surface area contributed by atoms with Crippen molar-refractivity contribution in [2.75, 3.05) is 12.8 Å². The average molecular weight is 276 g/mol. The van der Waals surface area contributed by atoms with E-state index in [0.29, 0.717) is 16.3 Å². The van der Waals surface area contributed by atoms with Crippen molar-refractivity contribution in [1.29, 1.82) is 0 Å². The van der Waals surface area contributed by atoms with Gasteiger partial charge in [0, 0.05) is 16.8 Å². The fourth-order valence-electron chi connectivity index (χ4n) is 1.51. The second-order valence-electron chi connectivity index (χ2n) is 4.31. The molecule has 0 saturated heterocycles. The SMILES string of the molecule is CNC(CSC(C)C)Cc1ccc(F)cc1Cl. The van der Waals surface area contributed by atoms with Crippen LogP contribution in [-0.2, 0) is 6.42 Å². The fraction of sp³-hybridized carbons (Fsp3) is 0.538. The molecule has 1 aromatic rings. The van der Waals surface area contributed by atoms with Crippen LogP contribution in [0.2, 0.25) is 5.02 Å². The van der Waals surface area contributed by atoms with Crippen LogP contribution in [0, 0.1) is 5.82 Å². The Balaban J connectivity index is 2.60. The van der Waals surface area contributed by atoms with Gasteiger partial charge in [0.05, 0.1) is 0 Å². The summed E-state index contributed by atoms with van der Waals surface area (Å²) in [6.45, 7) is 4.37. The van der Waals surface area contributed by atoms with E-state index in [2.05, 4.69) is 19.2 Å². The van der Waals surface area contributed by atoms with Gasteiger partial charge in [0.2, 0.25) is 0 Å². The summed E-state index contributed by atoms with van der Waals surface area (Å²) in [6.07, 6.45) is 0.829. The summed E-state index contributed by atoms with van der Waals surface area (Å²) in [5.41, 5.74) is 0.997. The number of hydrogen-bond donors (Lipinski definition) is 1. The molecule has 0 radical (unpaired) electrons. The number of benzene rings is 1. The van der Waals surface area contributed by atoms with Gasteiger partial charge in [-0.05, 0) is 36.4 Å². The first-order valence-corrected chi connectivity index (χ1v) is 7.18. The molecule has 0 spiro atoms. The molecular formula is C13H19ClFNS. The Morgan fingerprint density at radius 2 is 2.12 bits per heavy atom. The van der Waals surface area contributed by atoms with Gasteiger partial charge in [-0.2, -0.15) is 11.8 Å². The summed E-state index contributed by atoms with van der Waals surface area (Å²) in [5.74, 6) is 0.748. The Hall–Kier alpha value is -0.250. The summed E-state index contributed by atoms with van der Waals surface area (Å²) in [5, 5.41) is 4.41. The Morgan fingerprint density at radius 1 is 1.41 bits per heavy atom. The molecule has 1 unspecified atom stereocenters. The standard InChI is InChI=1S/C13H19ClFNS/c1-9(2)17-8-12(16-3)6-10-4-5-11(15)7-13(10)14/h4-5,7,9,12,16H,6,8H2,1-3H3. The van der Waals surface area contributed by atoms with E-state index in [9.17, 15) is 4.39 Å². The van der Waals surface area contributed by atoms with E-state index in [4.69, 9.17) is 11.6 Å². The van der Waals surface area contributed by atoms with Crippen LogP contribution in [0.15, 0.2) is 18.2 Å². The summed E-state index contributed by atoms with van der Waals surface area (Å²) in [7, 11) is 1.95. The van der Waals surface area contributed by atoms with Crippen molar-refractivity contribution in [3.63, 3.8) is 0 Å². The van der Waals surface area contributed by atoms with Gasteiger partial charge in [-0.3, -0.25) is 0 Å². The third kappa shape index (κ3) is 5.28. The molecule has 0 amide bonds. The maximum Gasteiger partial charge on any atom is 0.124 e. The van der Waals surface area contributed by atoms with Crippen LogP contribution in [0.1, 0.15) is 19.4 Å². The maximum atomic E-state index is 12.9. The largest absolute Gasteiger partial charge is 0.316 e. The number of rotatable bonds is 6. The van der Waals surface area contributed by atoms with E-state index >= 15 is 0 Å². The molecule has 0 fully saturated rings. The second kappa shape index (κ2) is 7.24. The number of likely N-dealkylation sites (N-methyl/N-ethyl adjacent to an activating group) is 1. The first-order chi connectivity index (χ1) is 8.02. The predicted molar refractivity (Wildman–Crippen MR) is 75.6 cm³/mol. The van der Waals surface area contributed by atoms with E-state index in [0.717, 1.165) is 17.7 Å². The Morgan fingerprint density at radius 3 is 2.65 bits per heavy atom. The monoisotopic (exact) mass is 275 g/mol. The molecular weight excluding hydrogens is 257 g/mol. The molecule has 0 aliphatic heterocycles. The molecule has 1 nitrogen and oxygen atoms in total. The number of hydrogen-bond acceptors (Lipinski definition) is 2. The van der Waals surface area contributed by atoms with Crippen molar-refractivity contribution < 1.29 is 4.39 Å². The number of halogens is 2. The smallest absolute Gasteiger partial charge is 0.124 e. The molecule has 0 bridgehead atoms. The molecule has 0 aliphatic rings. The van der Waals surface area contributed by atoms with Gasteiger partial charge in [0.15, 0.2) is 0 Å². The van der Waals surface area contributed by atoms with E-state index in [1.54, 1.807) is 6.07 Å². The third-order valence-corrected chi connectivity index (χ3v) is 4.13. The average Bonchev–Trinajstić information content (AvgIpc) is 2.26. The molecule has 96 valence electrons. The highest BCUT2D eigenvalue weighted by Crippen LogP contribution is 2.20. The normalized spacial score (nSPS) is 13.1. The maximum absolute atomic E-state index is 12.9. The van der Waals surface area contributed by atoms with Crippen molar-refractivity contribution in [3.8, 4) is 0 Å². The quantitative estimate of drug-likeness (QED) is 0.849. The van der Waals surface area contributed by atoms with Crippen LogP contribution in [0.4, 0.5) is 4.39 Å². The second-order valence-corrected chi connectivity index (χ2v) is 6.32. The molecule has 1 N–H and O–H groups in total. The molecule has 0 aliphatic carbocycles. The van der Waals surface area contributed by atoms with Gasteiger partial charge in [-0.15, -0.1) is 0 Å². The highest BCUT2D eigenvalue weighted by Gasteiger charge is 2.11. The zero-order chi connectivity index (χ0) is 12.8. The summed E-state index contributed by atoms with van der Waals surface area (Å²) >= 11 is 7.93. The Bertz CT molecular complexity index is 357. The van der Waals surface area contributed by atoms with Crippen molar-refractivity contribution in [2.24, 2.45) is 0 Å². The van der Waals surface area contributed by atoms with Crippen LogP contribution in [0.25, 0.3) is 0 Å². The number of thioether (sulfide) groups is 1. The Labute approximate surface area is 112 Å². The lowest BCUT2D eigenvalue weighted by Gasteiger charge is -2.17. The van der Waals surface area contributed by atoms with E-state index in [1.165, 1.54) is 12.1 Å². The van der Waals surface area contributed by atoms with E-state index in [-0.39, 0.29) is 5.82 Å². The van der Waals surface area contributed by atoms with Gasteiger partial charge >= 0.3 is 0 Å². The zero-order valence-electron chi connectivity index (χ0n) is 10.5. The van der Waals surface area contributed by atoms with Crippen LogP contribution in [-0.4, -0.2) is 24.1 Å². The van der Waals surface area contributed by atoms with Crippen molar-refractivity contribution >= 4 is 23.4 Å². The fourth-order valence-corrected chi connectivity index (χ4v) is 2.65. The molecule has 0 saturated carbocycles. The Kier molecular flexibility index (Phi) is 6.31. The predicted octanol–water partition coefficient (Wildman–Crippen LogP) is 3.75. The minimum absolute atomic E-state index is 0.281. The first-order valence-electron chi connectivity index (χ1n) is 5.75. The van der Waals surface area contributed by atoms with Crippen molar-refractivity contribution in [1.82, 2.24) is 5.32 Å². The zero-order valence-corrected chi connectivity index (χ0v) is 12.0. The van der Waals surface area contributed by atoms with Crippen molar-refractivity contribution in [3.05, 3.63) is 34.6 Å². The topological polar surface area (TPSA) is 12.0 Å². The van der Waals surface area contributed by atoms with Gasteiger partial charge in [-0.1, -0.05) is 31.5 Å². The first kappa shape index (κ1) is 14.8. The summed E-state index contributed by atoms with van der Waals surface area (Å²) in [6, 6.07) is 4.97. The van der Waals surface area contributed by atoms with Gasteiger partial charge in [-0.25, -0.2) is 4.39 Å². The molecule has 4 heteroatoms. The van der Waals surface area contributed by atoms with Gasteiger partial charge < -0.3 is 5.32 Å². The van der Waals surface area contributed by atoms with Crippen LogP contribution >= 0.6 is 23.4 Å². The number of nitrogens with one attached hydrogen (secondary N) is 1. The van der Waals surface area contributed by atoms with Gasteiger partial charge in [0.25, 0.3) is 0 Å². The minimum atomic E-state index is -0.281. The lowest BCUT2D eigenvalue weighted by molar-refractivity contribution is 0.609. The minimum Gasteiger partial charge on any atom is -0.316 e. The third-order valence-electron chi connectivity index (χ3n) is 2.52. The van der Waals surface area contributed by atoms with Crippen LogP contribution in [0.5, 0.6) is 0 Å². The summed E-state index contributed by atoms with van der Waals surface area (Å²) in [4.78, 5) is 0. The molecule has 0 heterocycles. The van der Waals surface area contributed by atoms with Crippen LogP contribution < -0.4 is 5.32 Å². The molecule has 17 heavy (non-hydrogen) atoms.